The number of aryl methyl sites for hydroxylation is 2. The number of hydrogen-bond acceptors (Lipinski definition) is 4. The van der Waals surface area contributed by atoms with Crippen molar-refractivity contribution in [1.82, 2.24) is 24.5 Å². The fraction of sp³-hybridized carbons (Fsp3) is 0.263. The molecule has 132 valence electrons. The fourth-order valence-electron chi connectivity index (χ4n) is 3.45. The lowest BCUT2D eigenvalue weighted by Crippen LogP contribution is -2.39. The van der Waals surface area contributed by atoms with Crippen molar-refractivity contribution in [3.8, 4) is 0 Å². The summed E-state index contributed by atoms with van der Waals surface area (Å²) in [5.41, 5.74) is 3.45. The van der Waals surface area contributed by atoms with E-state index in [0.717, 1.165) is 11.1 Å². The predicted octanol–water partition coefficient (Wildman–Crippen LogP) is 1.30. The summed E-state index contributed by atoms with van der Waals surface area (Å²) in [5.74, 6) is -0.117. The summed E-state index contributed by atoms with van der Waals surface area (Å²) < 4.78 is 2.96. The smallest absolute Gasteiger partial charge is 0.274 e. The van der Waals surface area contributed by atoms with Gasteiger partial charge in [-0.15, -0.1) is 0 Å². The first kappa shape index (κ1) is 16.3. The molecule has 1 aromatic carbocycles. The summed E-state index contributed by atoms with van der Waals surface area (Å²) in [4.78, 5) is 26.3. The second-order valence-corrected chi connectivity index (χ2v) is 6.56. The summed E-state index contributed by atoms with van der Waals surface area (Å²) in [6.07, 6.45) is 3.83. The lowest BCUT2D eigenvalue weighted by atomic mass is 9.86. The lowest BCUT2D eigenvalue weighted by molar-refractivity contribution is 0.0716. The van der Waals surface area contributed by atoms with E-state index >= 15 is 0 Å². The topological polar surface area (TPSA) is 73.0 Å². The van der Waals surface area contributed by atoms with Crippen LogP contribution in [0.3, 0.4) is 0 Å². The molecule has 0 fully saturated rings. The zero-order valence-electron chi connectivity index (χ0n) is 14.7. The zero-order chi connectivity index (χ0) is 18.3. The van der Waals surface area contributed by atoms with Crippen LogP contribution in [0.25, 0.3) is 0 Å². The van der Waals surface area contributed by atoms with Crippen molar-refractivity contribution in [1.29, 1.82) is 0 Å². The number of amides is 1. The van der Waals surface area contributed by atoms with Crippen LogP contribution in [0, 0.1) is 0 Å². The van der Waals surface area contributed by atoms with Crippen molar-refractivity contribution in [2.45, 2.75) is 12.5 Å². The van der Waals surface area contributed by atoms with Crippen molar-refractivity contribution in [2.75, 3.05) is 6.54 Å². The van der Waals surface area contributed by atoms with Crippen LogP contribution in [-0.2, 0) is 20.6 Å². The molecule has 3 heterocycles. The second kappa shape index (κ2) is 6.25. The highest BCUT2D eigenvalue weighted by atomic mass is 16.2. The van der Waals surface area contributed by atoms with Gasteiger partial charge in [-0.25, -0.2) is 4.68 Å². The molecule has 7 nitrogen and oxygen atoms in total. The third kappa shape index (κ3) is 2.81. The van der Waals surface area contributed by atoms with E-state index in [4.69, 9.17) is 0 Å². The Labute approximate surface area is 150 Å². The van der Waals surface area contributed by atoms with Gasteiger partial charge in [-0.3, -0.25) is 14.3 Å². The van der Waals surface area contributed by atoms with Gasteiger partial charge in [-0.2, -0.15) is 10.2 Å². The number of carbonyl (C=O) groups excluding carboxylic acids is 1. The van der Waals surface area contributed by atoms with Crippen molar-refractivity contribution < 1.29 is 4.79 Å². The van der Waals surface area contributed by atoms with Gasteiger partial charge < -0.3 is 4.90 Å². The highest BCUT2D eigenvalue weighted by Crippen LogP contribution is 2.33. The summed E-state index contributed by atoms with van der Waals surface area (Å²) in [6, 6.07) is 11.0. The molecule has 0 bridgehead atoms. The van der Waals surface area contributed by atoms with Gasteiger partial charge in [-0.05, 0) is 22.8 Å². The van der Waals surface area contributed by atoms with Crippen LogP contribution >= 0.6 is 0 Å². The highest BCUT2D eigenvalue weighted by molar-refractivity contribution is 5.92. The number of hydrogen-bond donors (Lipinski definition) is 0. The Bertz CT molecular complexity index is 1040. The van der Waals surface area contributed by atoms with Gasteiger partial charge in [0.05, 0.1) is 6.20 Å². The number of rotatable bonds is 2. The van der Waals surface area contributed by atoms with Crippen LogP contribution in [0.5, 0.6) is 0 Å². The van der Waals surface area contributed by atoms with Gasteiger partial charge in [0.1, 0.15) is 5.69 Å². The minimum absolute atomic E-state index is 0.0603. The molecule has 1 aliphatic heterocycles. The molecule has 0 spiro atoms. The van der Waals surface area contributed by atoms with Crippen LogP contribution in [0.4, 0.5) is 0 Å². The average molecular weight is 349 g/mol. The van der Waals surface area contributed by atoms with E-state index in [1.54, 1.807) is 16.6 Å². The Morgan fingerprint density at radius 3 is 2.69 bits per heavy atom. The molecule has 7 heteroatoms. The minimum atomic E-state index is -0.237. The van der Waals surface area contributed by atoms with Gasteiger partial charge in [0.2, 0.25) is 0 Å². The van der Waals surface area contributed by atoms with Gasteiger partial charge in [0.25, 0.3) is 11.5 Å². The van der Waals surface area contributed by atoms with Crippen LogP contribution < -0.4 is 5.56 Å². The first-order valence-corrected chi connectivity index (χ1v) is 8.43. The first-order chi connectivity index (χ1) is 12.5. The third-order valence-corrected chi connectivity index (χ3v) is 4.79. The molecule has 1 aliphatic rings. The van der Waals surface area contributed by atoms with E-state index in [-0.39, 0.29) is 23.1 Å². The second-order valence-electron chi connectivity index (χ2n) is 6.56. The van der Waals surface area contributed by atoms with Crippen molar-refractivity contribution in [3.05, 3.63) is 81.5 Å². The molecule has 2 aromatic heterocycles. The Morgan fingerprint density at radius 1 is 1.15 bits per heavy atom. The number of carbonyl (C=O) groups is 1. The molecule has 0 N–H and O–H groups in total. The Kier molecular flexibility index (Phi) is 3.91. The van der Waals surface area contributed by atoms with Crippen LogP contribution in [0.1, 0.15) is 33.1 Å². The normalized spacial score (nSPS) is 16.4. The van der Waals surface area contributed by atoms with Gasteiger partial charge in [-0.1, -0.05) is 24.3 Å². The van der Waals surface area contributed by atoms with E-state index < -0.39 is 0 Å². The Morgan fingerprint density at radius 2 is 1.96 bits per heavy atom. The molecule has 3 aromatic rings. The predicted molar refractivity (Wildman–Crippen MR) is 95.7 cm³/mol. The summed E-state index contributed by atoms with van der Waals surface area (Å²) >= 11 is 0. The molecule has 0 aliphatic carbocycles. The number of aromatic nitrogens is 4. The minimum Gasteiger partial charge on any atom is -0.332 e. The molecular formula is C19H19N5O2. The van der Waals surface area contributed by atoms with Crippen LogP contribution in [0.15, 0.2) is 53.6 Å². The Balaban J connectivity index is 1.71. The largest absolute Gasteiger partial charge is 0.332 e. The van der Waals surface area contributed by atoms with Crippen molar-refractivity contribution in [3.63, 3.8) is 0 Å². The molecule has 0 unspecified atom stereocenters. The van der Waals surface area contributed by atoms with Crippen LogP contribution in [0.2, 0.25) is 0 Å². The summed E-state index contributed by atoms with van der Waals surface area (Å²) in [5, 5.41) is 8.38. The van der Waals surface area contributed by atoms with E-state index in [0.29, 0.717) is 13.1 Å². The highest BCUT2D eigenvalue weighted by Gasteiger charge is 2.30. The van der Waals surface area contributed by atoms with Gasteiger partial charge >= 0.3 is 0 Å². The maximum Gasteiger partial charge on any atom is 0.274 e. The van der Waals surface area contributed by atoms with E-state index in [1.807, 2.05) is 37.6 Å². The maximum absolute atomic E-state index is 13.0. The zero-order valence-corrected chi connectivity index (χ0v) is 14.7. The summed E-state index contributed by atoms with van der Waals surface area (Å²) in [6.45, 7) is 1.07. The fourth-order valence-corrected chi connectivity index (χ4v) is 3.45. The molecule has 1 amide bonds. The first-order valence-electron chi connectivity index (χ1n) is 8.43. The van der Waals surface area contributed by atoms with Gasteiger partial charge in [0, 0.05) is 45.4 Å². The standard InChI is InChI=1S/C19H19N5O2/c1-22-10-14(9-20-22)16-12-24(11-13-5-3-4-6-15(13)16)19(26)17-7-8-18(25)23(2)21-17/h3-10,16H,11-12H2,1-2H3/t16-/m1/s1. The average Bonchev–Trinajstić information content (AvgIpc) is 3.08. The lowest BCUT2D eigenvalue weighted by Gasteiger charge is -2.34. The third-order valence-electron chi connectivity index (χ3n) is 4.79. The van der Waals surface area contributed by atoms with Crippen molar-refractivity contribution in [2.24, 2.45) is 14.1 Å². The molecular weight excluding hydrogens is 330 g/mol. The van der Waals surface area contributed by atoms with E-state index in [1.165, 1.54) is 22.4 Å². The molecule has 26 heavy (non-hydrogen) atoms. The molecule has 1 atom stereocenters. The Hall–Kier alpha value is -3.22. The summed E-state index contributed by atoms with van der Waals surface area (Å²) in [7, 11) is 3.43. The van der Waals surface area contributed by atoms with E-state index in [2.05, 4.69) is 16.3 Å². The van der Waals surface area contributed by atoms with Crippen molar-refractivity contribution >= 4 is 5.91 Å². The van der Waals surface area contributed by atoms with Crippen LogP contribution in [-0.4, -0.2) is 36.9 Å². The molecule has 0 saturated heterocycles. The number of benzene rings is 1. The number of fused-ring (bicyclic) bond motifs is 1. The molecule has 4 rings (SSSR count). The SMILES string of the molecule is Cn1cc([C@H]2CN(C(=O)c3ccc(=O)n(C)n3)Cc3ccccc32)cn1. The van der Waals surface area contributed by atoms with E-state index in [9.17, 15) is 9.59 Å². The molecule has 0 saturated carbocycles. The monoisotopic (exact) mass is 349 g/mol. The number of nitrogens with zero attached hydrogens (tertiary/aromatic N) is 5. The quantitative estimate of drug-likeness (QED) is 0.699. The van der Waals surface area contributed by atoms with Gasteiger partial charge in [0.15, 0.2) is 0 Å². The molecule has 0 radical (unpaired) electrons. The maximum atomic E-state index is 13.0.